The molecular formula is C14H31NO8. The fraction of sp³-hybridized carbons (Fsp3) is 1.00. The second-order valence-corrected chi connectivity index (χ2v) is 4.76. The van der Waals surface area contributed by atoms with E-state index in [-0.39, 0.29) is 52.4 Å². The summed E-state index contributed by atoms with van der Waals surface area (Å²) in [6, 6.07) is 0. The molecule has 0 aliphatic heterocycles. The molecule has 0 heterocycles. The lowest BCUT2D eigenvalue weighted by Crippen LogP contribution is -2.28. The van der Waals surface area contributed by atoms with Crippen LogP contribution in [0.15, 0.2) is 0 Å². The number of rotatable bonds is 18. The van der Waals surface area contributed by atoms with Crippen molar-refractivity contribution < 1.29 is 39.3 Å². The Morgan fingerprint density at radius 1 is 0.739 bits per heavy atom. The molecule has 140 valence electrons. The first-order chi connectivity index (χ1) is 11.2. The van der Waals surface area contributed by atoms with E-state index in [2.05, 4.69) is 0 Å². The summed E-state index contributed by atoms with van der Waals surface area (Å²) in [5, 5.41) is 26.1. The zero-order valence-electron chi connectivity index (χ0n) is 13.9. The average Bonchev–Trinajstić information content (AvgIpc) is 2.54. The van der Waals surface area contributed by atoms with Gasteiger partial charge >= 0.3 is 0 Å². The van der Waals surface area contributed by atoms with Crippen LogP contribution in [0.5, 0.6) is 0 Å². The lowest BCUT2D eigenvalue weighted by atomic mass is 10.4. The van der Waals surface area contributed by atoms with Gasteiger partial charge in [0.2, 0.25) is 0 Å². The van der Waals surface area contributed by atoms with E-state index >= 15 is 0 Å². The summed E-state index contributed by atoms with van der Waals surface area (Å²) in [5.74, 6) is 0. The highest BCUT2D eigenvalue weighted by Crippen LogP contribution is 1.96. The molecule has 0 spiro atoms. The van der Waals surface area contributed by atoms with Gasteiger partial charge in [-0.05, 0) is 7.05 Å². The number of likely N-dealkylation sites (N-methyl/N-ethyl adjacent to an activating group) is 1. The van der Waals surface area contributed by atoms with Gasteiger partial charge in [0.05, 0.1) is 59.5 Å². The minimum atomic E-state index is -0.304. The van der Waals surface area contributed by atoms with Crippen LogP contribution in [-0.2, 0) is 24.0 Å². The molecule has 0 rings (SSSR count). The van der Waals surface area contributed by atoms with E-state index in [0.29, 0.717) is 32.9 Å². The Morgan fingerprint density at radius 2 is 1.39 bits per heavy atom. The van der Waals surface area contributed by atoms with Crippen molar-refractivity contribution in [2.24, 2.45) is 0 Å². The standard InChI is InChI=1S/C14H31NO8/c1-15(2-4-16)3-7-22-23-11-10-20-13-14(21-9-6-18)12-19-8-5-17/h14,16-18H,2-13H2,1H3. The van der Waals surface area contributed by atoms with Crippen molar-refractivity contribution in [2.75, 3.05) is 86.2 Å². The first kappa shape index (κ1) is 22.6. The van der Waals surface area contributed by atoms with Crippen LogP contribution in [0.25, 0.3) is 0 Å². The van der Waals surface area contributed by atoms with Crippen LogP contribution < -0.4 is 0 Å². The molecule has 0 bridgehead atoms. The van der Waals surface area contributed by atoms with Crippen molar-refractivity contribution in [3.8, 4) is 0 Å². The Morgan fingerprint density at radius 3 is 2.04 bits per heavy atom. The molecule has 0 saturated carbocycles. The number of hydrogen-bond donors (Lipinski definition) is 3. The van der Waals surface area contributed by atoms with E-state index in [4.69, 9.17) is 39.3 Å². The highest BCUT2D eigenvalue weighted by molar-refractivity contribution is 4.55. The molecule has 0 aliphatic carbocycles. The van der Waals surface area contributed by atoms with Gasteiger partial charge in [0.25, 0.3) is 0 Å². The van der Waals surface area contributed by atoms with Crippen LogP contribution in [-0.4, -0.2) is 113 Å². The lowest BCUT2D eigenvalue weighted by Gasteiger charge is -2.17. The first-order valence-electron chi connectivity index (χ1n) is 7.77. The fourth-order valence-corrected chi connectivity index (χ4v) is 1.54. The fourth-order valence-electron chi connectivity index (χ4n) is 1.54. The molecule has 0 aromatic heterocycles. The van der Waals surface area contributed by atoms with Gasteiger partial charge in [-0.25, -0.2) is 9.78 Å². The second-order valence-electron chi connectivity index (χ2n) is 4.76. The third-order valence-corrected chi connectivity index (χ3v) is 2.72. The van der Waals surface area contributed by atoms with Crippen molar-refractivity contribution in [3.63, 3.8) is 0 Å². The summed E-state index contributed by atoms with van der Waals surface area (Å²) in [6.45, 7) is 3.33. The topological polar surface area (TPSA) is 110 Å². The van der Waals surface area contributed by atoms with E-state index in [1.54, 1.807) is 0 Å². The van der Waals surface area contributed by atoms with E-state index in [1.165, 1.54) is 0 Å². The number of hydrogen-bond acceptors (Lipinski definition) is 9. The van der Waals surface area contributed by atoms with Crippen LogP contribution in [0.3, 0.4) is 0 Å². The highest BCUT2D eigenvalue weighted by Gasteiger charge is 2.09. The van der Waals surface area contributed by atoms with Gasteiger partial charge in [-0.3, -0.25) is 0 Å². The van der Waals surface area contributed by atoms with E-state index in [1.807, 2.05) is 11.9 Å². The SMILES string of the molecule is CN(CCO)CCOOCCOCC(COCCO)OCCO. The quantitative estimate of drug-likeness (QED) is 0.152. The lowest BCUT2D eigenvalue weighted by molar-refractivity contribution is -0.300. The average molecular weight is 341 g/mol. The van der Waals surface area contributed by atoms with Gasteiger partial charge in [-0.15, -0.1) is 0 Å². The van der Waals surface area contributed by atoms with E-state index in [0.717, 1.165) is 0 Å². The Hall–Kier alpha value is -0.360. The number of ether oxygens (including phenoxy) is 3. The molecule has 0 fully saturated rings. The maximum atomic E-state index is 8.75. The summed E-state index contributed by atoms with van der Waals surface area (Å²) < 4.78 is 15.9. The maximum absolute atomic E-state index is 8.75. The third-order valence-electron chi connectivity index (χ3n) is 2.72. The van der Waals surface area contributed by atoms with Crippen molar-refractivity contribution in [1.29, 1.82) is 0 Å². The Bertz CT molecular complexity index is 235. The van der Waals surface area contributed by atoms with Crippen molar-refractivity contribution in [2.45, 2.75) is 6.10 Å². The molecule has 0 amide bonds. The smallest absolute Gasteiger partial charge is 0.106 e. The predicted octanol–water partition coefficient (Wildman–Crippen LogP) is -1.74. The van der Waals surface area contributed by atoms with Gasteiger partial charge in [0.1, 0.15) is 12.7 Å². The van der Waals surface area contributed by atoms with Gasteiger partial charge in [-0.2, -0.15) is 0 Å². The Balaban J connectivity index is 3.49. The zero-order chi connectivity index (χ0) is 17.2. The molecule has 1 atom stereocenters. The van der Waals surface area contributed by atoms with Crippen LogP contribution in [0.4, 0.5) is 0 Å². The predicted molar refractivity (Wildman–Crippen MR) is 82.0 cm³/mol. The minimum absolute atomic E-state index is 0.0494. The largest absolute Gasteiger partial charge is 0.395 e. The molecule has 23 heavy (non-hydrogen) atoms. The molecular weight excluding hydrogens is 310 g/mol. The Kier molecular flexibility index (Phi) is 17.7. The van der Waals surface area contributed by atoms with Crippen molar-refractivity contribution in [3.05, 3.63) is 0 Å². The minimum Gasteiger partial charge on any atom is -0.395 e. The van der Waals surface area contributed by atoms with E-state index < -0.39 is 0 Å². The molecule has 3 N–H and O–H groups in total. The summed E-state index contributed by atoms with van der Waals surface area (Å²) >= 11 is 0. The number of aliphatic hydroxyl groups excluding tert-OH is 3. The molecule has 1 unspecified atom stereocenters. The van der Waals surface area contributed by atoms with Crippen LogP contribution in [0.2, 0.25) is 0 Å². The maximum Gasteiger partial charge on any atom is 0.106 e. The third kappa shape index (κ3) is 16.3. The van der Waals surface area contributed by atoms with Gasteiger partial charge in [0.15, 0.2) is 0 Å². The Labute approximate surface area is 137 Å². The zero-order valence-corrected chi connectivity index (χ0v) is 13.9. The molecule has 0 aromatic carbocycles. The summed E-state index contributed by atoms with van der Waals surface area (Å²) in [4.78, 5) is 11.9. The molecule has 9 nitrogen and oxygen atoms in total. The van der Waals surface area contributed by atoms with Gasteiger partial charge in [-0.1, -0.05) is 0 Å². The monoisotopic (exact) mass is 341 g/mol. The highest BCUT2D eigenvalue weighted by atomic mass is 17.2. The molecule has 0 saturated heterocycles. The second kappa shape index (κ2) is 18.0. The van der Waals surface area contributed by atoms with Crippen LogP contribution in [0.1, 0.15) is 0 Å². The van der Waals surface area contributed by atoms with Crippen molar-refractivity contribution in [1.82, 2.24) is 4.90 Å². The summed E-state index contributed by atoms with van der Waals surface area (Å²) in [5.41, 5.74) is 0. The number of aliphatic hydroxyl groups is 3. The van der Waals surface area contributed by atoms with Crippen LogP contribution >= 0.6 is 0 Å². The van der Waals surface area contributed by atoms with E-state index in [9.17, 15) is 0 Å². The number of nitrogens with zero attached hydrogens (tertiary/aromatic N) is 1. The summed E-state index contributed by atoms with van der Waals surface area (Å²) in [6.07, 6.45) is -0.304. The molecule has 0 aromatic rings. The molecule has 0 aliphatic rings. The normalized spacial score (nSPS) is 12.9. The van der Waals surface area contributed by atoms with Crippen molar-refractivity contribution >= 4 is 0 Å². The first-order valence-corrected chi connectivity index (χ1v) is 7.77. The van der Waals surface area contributed by atoms with Gasteiger partial charge in [0, 0.05) is 13.1 Å². The molecule has 9 heteroatoms. The summed E-state index contributed by atoms with van der Waals surface area (Å²) in [7, 11) is 1.88. The van der Waals surface area contributed by atoms with Crippen LogP contribution in [0, 0.1) is 0 Å². The molecule has 0 radical (unpaired) electrons. The van der Waals surface area contributed by atoms with Gasteiger partial charge < -0.3 is 34.4 Å².